The van der Waals surface area contributed by atoms with Crippen LogP contribution in [0.4, 0.5) is 11.9 Å². The zero-order valence-electron chi connectivity index (χ0n) is 16.1. The summed E-state index contributed by atoms with van der Waals surface area (Å²) >= 11 is 0. The summed E-state index contributed by atoms with van der Waals surface area (Å²) in [5.41, 5.74) is 8.20. The number of hydrogen-bond acceptors (Lipinski definition) is 6. The van der Waals surface area contributed by atoms with Crippen LogP contribution in [0.5, 0.6) is 11.5 Å². The SMILES string of the molecule is CCOc1ccc([C@@H]2C[C@H](c3ccc(OCC)cc3)n3nc(N)nc3N2)cc1. The molecule has 3 aromatic rings. The molecule has 3 N–H and O–H groups in total. The van der Waals surface area contributed by atoms with Crippen molar-refractivity contribution < 1.29 is 9.47 Å². The van der Waals surface area contributed by atoms with E-state index in [-0.39, 0.29) is 18.0 Å². The van der Waals surface area contributed by atoms with E-state index in [0.717, 1.165) is 23.5 Å². The van der Waals surface area contributed by atoms with Gasteiger partial charge in [-0.1, -0.05) is 24.3 Å². The van der Waals surface area contributed by atoms with Gasteiger partial charge < -0.3 is 20.5 Å². The van der Waals surface area contributed by atoms with Crippen LogP contribution in [0.2, 0.25) is 0 Å². The standard InChI is InChI=1S/C21H25N5O2/c1-3-27-16-9-5-14(6-10-16)18-13-19(26-21(23-18)24-20(22)25-26)15-7-11-17(12-8-15)28-4-2/h5-12,18-19H,3-4,13H2,1-2H3,(H3,22,23,24,25)/t18-,19+/m0/s1. The minimum Gasteiger partial charge on any atom is -0.494 e. The molecule has 1 aromatic heterocycles. The molecule has 0 saturated heterocycles. The summed E-state index contributed by atoms with van der Waals surface area (Å²) in [5.74, 6) is 2.69. The van der Waals surface area contributed by atoms with E-state index in [9.17, 15) is 0 Å². The van der Waals surface area contributed by atoms with E-state index in [1.807, 2.05) is 42.8 Å². The van der Waals surface area contributed by atoms with Crippen LogP contribution in [0.25, 0.3) is 0 Å². The van der Waals surface area contributed by atoms with Crippen molar-refractivity contribution in [2.75, 3.05) is 24.3 Å². The van der Waals surface area contributed by atoms with Gasteiger partial charge in [0.1, 0.15) is 11.5 Å². The normalized spacial score (nSPS) is 18.2. The largest absolute Gasteiger partial charge is 0.494 e. The third-order valence-corrected chi connectivity index (χ3v) is 4.87. The van der Waals surface area contributed by atoms with Crippen molar-refractivity contribution in [3.63, 3.8) is 0 Å². The highest BCUT2D eigenvalue weighted by Crippen LogP contribution is 2.38. The van der Waals surface area contributed by atoms with E-state index in [2.05, 4.69) is 39.7 Å². The van der Waals surface area contributed by atoms with E-state index in [1.54, 1.807) is 0 Å². The molecule has 7 nitrogen and oxygen atoms in total. The second-order valence-corrected chi connectivity index (χ2v) is 6.69. The van der Waals surface area contributed by atoms with Crippen molar-refractivity contribution in [2.24, 2.45) is 0 Å². The Hall–Kier alpha value is -3.22. The van der Waals surface area contributed by atoms with Crippen molar-refractivity contribution in [3.05, 3.63) is 59.7 Å². The molecular formula is C21H25N5O2. The van der Waals surface area contributed by atoms with Gasteiger partial charge in [-0.25, -0.2) is 4.68 Å². The van der Waals surface area contributed by atoms with Crippen LogP contribution in [0.15, 0.2) is 48.5 Å². The fourth-order valence-corrected chi connectivity index (χ4v) is 3.61. The summed E-state index contributed by atoms with van der Waals surface area (Å²) in [6.45, 7) is 5.27. The highest BCUT2D eigenvalue weighted by molar-refractivity contribution is 5.43. The van der Waals surface area contributed by atoms with Crippen LogP contribution in [-0.2, 0) is 0 Å². The van der Waals surface area contributed by atoms with Gasteiger partial charge in [0.05, 0.1) is 25.3 Å². The number of benzene rings is 2. The highest BCUT2D eigenvalue weighted by atomic mass is 16.5. The maximum Gasteiger partial charge on any atom is 0.241 e. The molecule has 0 unspecified atom stereocenters. The summed E-state index contributed by atoms with van der Waals surface area (Å²) in [7, 11) is 0. The van der Waals surface area contributed by atoms with E-state index in [1.165, 1.54) is 5.56 Å². The lowest BCUT2D eigenvalue weighted by molar-refractivity contribution is 0.339. The lowest BCUT2D eigenvalue weighted by Crippen LogP contribution is -2.28. The highest BCUT2D eigenvalue weighted by Gasteiger charge is 2.30. The Morgan fingerprint density at radius 1 is 0.964 bits per heavy atom. The third-order valence-electron chi connectivity index (χ3n) is 4.87. The number of hydrogen-bond donors (Lipinski definition) is 2. The van der Waals surface area contributed by atoms with E-state index >= 15 is 0 Å². The molecule has 4 rings (SSSR count). The van der Waals surface area contributed by atoms with Gasteiger partial charge in [0, 0.05) is 0 Å². The van der Waals surface area contributed by atoms with Crippen LogP contribution in [0.3, 0.4) is 0 Å². The molecule has 0 radical (unpaired) electrons. The lowest BCUT2D eigenvalue weighted by atomic mass is 9.93. The van der Waals surface area contributed by atoms with Gasteiger partial charge in [-0.05, 0) is 55.7 Å². The third kappa shape index (κ3) is 3.60. The molecule has 0 saturated carbocycles. The van der Waals surface area contributed by atoms with Crippen molar-refractivity contribution in [3.8, 4) is 11.5 Å². The molecule has 0 spiro atoms. The number of fused-ring (bicyclic) bond motifs is 1. The van der Waals surface area contributed by atoms with E-state index < -0.39 is 0 Å². The van der Waals surface area contributed by atoms with Gasteiger partial charge in [-0.15, -0.1) is 5.10 Å². The molecule has 2 aromatic carbocycles. The minimum absolute atomic E-state index is 0.0355. The average molecular weight is 379 g/mol. The van der Waals surface area contributed by atoms with Crippen molar-refractivity contribution in [1.29, 1.82) is 0 Å². The summed E-state index contributed by atoms with van der Waals surface area (Å²) in [4.78, 5) is 4.37. The van der Waals surface area contributed by atoms with Gasteiger partial charge in [-0.2, -0.15) is 4.98 Å². The van der Waals surface area contributed by atoms with Crippen molar-refractivity contribution >= 4 is 11.9 Å². The predicted octanol–water partition coefficient (Wildman–Crippen LogP) is 3.80. The molecule has 0 fully saturated rings. The maximum absolute atomic E-state index is 5.88. The first kappa shape index (κ1) is 18.2. The predicted molar refractivity (Wildman–Crippen MR) is 109 cm³/mol. The first-order valence-electron chi connectivity index (χ1n) is 9.62. The number of nitrogen functional groups attached to an aromatic ring is 1. The Balaban J connectivity index is 1.64. The molecule has 2 atom stereocenters. The lowest BCUT2D eigenvalue weighted by Gasteiger charge is -2.31. The number of nitrogens with one attached hydrogen (secondary N) is 1. The second kappa shape index (κ2) is 7.80. The minimum atomic E-state index is 0.0355. The summed E-state index contributed by atoms with van der Waals surface area (Å²) in [5, 5.41) is 7.86. The van der Waals surface area contributed by atoms with Crippen molar-refractivity contribution in [2.45, 2.75) is 32.4 Å². The number of aromatic nitrogens is 3. The van der Waals surface area contributed by atoms with E-state index in [0.29, 0.717) is 19.2 Å². The monoisotopic (exact) mass is 379 g/mol. The molecule has 146 valence electrons. The number of nitrogens with two attached hydrogens (primary N) is 1. The van der Waals surface area contributed by atoms with Crippen LogP contribution in [-0.4, -0.2) is 28.0 Å². The van der Waals surface area contributed by atoms with Gasteiger partial charge in [0.25, 0.3) is 0 Å². The first-order valence-corrected chi connectivity index (χ1v) is 9.62. The number of nitrogens with zero attached hydrogens (tertiary/aromatic N) is 3. The van der Waals surface area contributed by atoms with Gasteiger partial charge in [0.2, 0.25) is 11.9 Å². The Morgan fingerprint density at radius 3 is 2.11 bits per heavy atom. The molecule has 28 heavy (non-hydrogen) atoms. The van der Waals surface area contributed by atoms with Crippen LogP contribution >= 0.6 is 0 Å². The second-order valence-electron chi connectivity index (χ2n) is 6.69. The molecule has 1 aliphatic rings. The Kier molecular flexibility index (Phi) is 5.06. The van der Waals surface area contributed by atoms with Crippen LogP contribution in [0, 0.1) is 0 Å². The topological polar surface area (TPSA) is 87.2 Å². The summed E-state index contributed by atoms with van der Waals surface area (Å²) < 4.78 is 13.0. The fourth-order valence-electron chi connectivity index (χ4n) is 3.61. The Morgan fingerprint density at radius 2 is 1.54 bits per heavy atom. The molecule has 1 aliphatic heterocycles. The maximum atomic E-state index is 5.88. The van der Waals surface area contributed by atoms with E-state index in [4.69, 9.17) is 15.2 Å². The molecule has 0 bridgehead atoms. The summed E-state index contributed by atoms with van der Waals surface area (Å²) in [6, 6.07) is 16.5. The van der Waals surface area contributed by atoms with Crippen molar-refractivity contribution in [1.82, 2.24) is 14.8 Å². The first-order chi connectivity index (χ1) is 13.7. The fraction of sp³-hybridized carbons (Fsp3) is 0.333. The smallest absolute Gasteiger partial charge is 0.241 e. The number of ether oxygens (including phenoxy) is 2. The number of anilines is 2. The van der Waals surface area contributed by atoms with Crippen LogP contribution < -0.4 is 20.5 Å². The molecule has 7 heteroatoms. The Bertz CT molecular complexity index is 921. The average Bonchev–Trinajstić information content (AvgIpc) is 3.09. The molecule has 0 amide bonds. The van der Waals surface area contributed by atoms with Gasteiger partial charge in [-0.3, -0.25) is 0 Å². The summed E-state index contributed by atoms with van der Waals surface area (Å²) in [6.07, 6.45) is 0.831. The van der Waals surface area contributed by atoms with Crippen LogP contribution in [0.1, 0.15) is 43.5 Å². The number of rotatable bonds is 6. The van der Waals surface area contributed by atoms with Gasteiger partial charge >= 0.3 is 0 Å². The molecular weight excluding hydrogens is 354 g/mol. The molecule has 0 aliphatic carbocycles. The zero-order chi connectivity index (χ0) is 19.5. The zero-order valence-corrected chi connectivity index (χ0v) is 16.1. The Labute approximate surface area is 164 Å². The molecule has 2 heterocycles. The quantitative estimate of drug-likeness (QED) is 0.677. The van der Waals surface area contributed by atoms with Gasteiger partial charge in [0.15, 0.2) is 0 Å².